The summed E-state index contributed by atoms with van der Waals surface area (Å²) in [5, 5.41) is 0. The van der Waals surface area contributed by atoms with Crippen molar-refractivity contribution in [3.8, 4) is 0 Å². The van der Waals surface area contributed by atoms with E-state index in [1.165, 1.54) is 0 Å². The van der Waals surface area contributed by atoms with Crippen molar-refractivity contribution in [1.29, 1.82) is 0 Å². The molecule has 3 nitrogen and oxygen atoms in total. The van der Waals surface area contributed by atoms with Crippen LogP contribution in [-0.2, 0) is 4.79 Å². The van der Waals surface area contributed by atoms with E-state index in [0.717, 1.165) is 6.21 Å². The van der Waals surface area contributed by atoms with Gasteiger partial charge in [-0.2, -0.15) is 0 Å². The van der Waals surface area contributed by atoms with Gasteiger partial charge < -0.3 is 14.8 Å². The number of amides is 1. The van der Waals surface area contributed by atoms with Gasteiger partial charge in [-0.3, -0.25) is 0 Å². The summed E-state index contributed by atoms with van der Waals surface area (Å²) in [5.74, 6) is -0.324. The smallest absolute Gasteiger partial charge is 0.128 e. The topological polar surface area (TPSA) is 41.8 Å². The predicted octanol–water partition coefficient (Wildman–Crippen LogP) is -0.497. The lowest BCUT2D eigenvalue weighted by Gasteiger charge is -1.74. The second kappa shape index (κ2) is 1.01. The SMILES string of the molecule is O=C1C=N[C-]=N1. The molecule has 0 aliphatic carbocycles. The number of hydrogen-bond acceptors (Lipinski definition) is 2. The van der Waals surface area contributed by atoms with Crippen LogP contribution in [0.5, 0.6) is 0 Å². The van der Waals surface area contributed by atoms with Crippen LogP contribution in [0.1, 0.15) is 0 Å². The number of carbonyl (C=O) groups is 1. The van der Waals surface area contributed by atoms with Crippen molar-refractivity contribution in [1.82, 2.24) is 0 Å². The molecule has 0 saturated heterocycles. The van der Waals surface area contributed by atoms with Crippen LogP contribution in [0, 0.1) is 0 Å². The highest BCUT2D eigenvalue weighted by Crippen LogP contribution is 1.75. The molecule has 0 saturated carbocycles. The molecule has 1 aliphatic rings. The molecule has 1 aliphatic heterocycles. The first-order chi connectivity index (χ1) is 2.89. The number of carbonyl (C=O) groups excluding carboxylic acids is 1. The zero-order valence-corrected chi connectivity index (χ0v) is 2.88. The molecule has 1 heterocycles. The summed E-state index contributed by atoms with van der Waals surface area (Å²) >= 11 is 0. The van der Waals surface area contributed by atoms with Crippen LogP contribution in [0.3, 0.4) is 0 Å². The molecule has 1 rings (SSSR count). The van der Waals surface area contributed by atoms with Crippen LogP contribution in [0.15, 0.2) is 9.98 Å². The molecule has 0 aromatic rings. The van der Waals surface area contributed by atoms with E-state index in [1.807, 2.05) is 0 Å². The first-order valence-corrected chi connectivity index (χ1v) is 1.42. The summed E-state index contributed by atoms with van der Waals surface area (Å²) in [6.07, 6.45) is 3.23. The van der Waals surface area contributed by atoms with Crippen LogP contribution in [0.4, 0.5) is 0 Å². The van der Waals surface area contributed by atoms with E-state index in [9.17, 15) is 4.79 Å². The minimum Gasteiger partial charge on any atom is -0.381 e. The normalized spacial score (nSPS) is 17.0. The van der Waals surface area contributed by atoms with Gasteiger partial charge in [-0.05, 0) is 0 Å². The number of hydrogen-bond donors (Lipinski definition) is 0. The molecule has 3 heteroatoms. The van der Waals surface area contributed by atoms with Gasteiger partial charge >= 0.3 is 0 Å². The Labute approximate surface area is 34.4 Å². The Morgan fingerprint density at radius 1 is 1.83 bits per heavy atom. The Morgan fingerprint density at radius 3 is 2.83 bits per heavy atom. The Morgan fingerprint density at radius 2 is 2.67 bits per heavy atom. The Kier molecular flexibility index (Phi) is 0.538. The van der Waals surface area contributed by atoms with Crippen molar-refractivity contribution >= 4 is 18.5 Å². The average molecular weight is 81.1 g/mol. The summed E-state index contributed by atoms with van der Waals surface area (Å²) in [4.78, 5) is 16.3. The predicted molar refractivity (Wildman–Crippen MR) is 20.9 cm³/mol. The molecule has 0 bridgehead atoms. The second-order valence-electron chi connectivity index (χ2n) is 0.808. The molecule has 0 radical (unpaired) electrons. The number of aliphatic imine (C=N–C) groups is 2. The lowest BCUT2D eigenvalue weighted by atomic mass is 10.7. The summed E-state index contributed by atoms with van der Waals surface area (Å²) in [6.45, 7) is 0. The number of nitrogens with zero attached hydrogens (tertiary/aromatic N) is 2. The number of rotatable bonds is 0. The van der Waals surface area contributed by atoms with E-state index in [1.54, 1.807) is 0 Å². The molecule has 0 spiro atoms. The van der Waals surface area contributed by atoms with Gasteiger partial charge in [0.05, 0.1) is 0 Å². The maximum Gasteiger partial charge on any atom is 0.128 e. The minimum atomic E-state index is -0.324. The van der Waals surface area contributed by atoms with Crippen molar-refractivity contribution in [2.45, 2.75) is 0 Å². The molecule has 1 amide bonds. The molecule has 0 N–H and O–H groups in total. The fourth-order valence-corrected chi connectivity index (χ4v) is 0.191. The Balaban J connectivity index is 2.86. The quantitative estimate of drug-likeness (QED) is 0.362. The zero-order chi connectivity index (χ0) is 4.41. The van der Waals surface area contributed by atoms with Crippen molar-refractivity contribution in [2.24, 2.45) is 9.98 Å². The van der Waals surface area contributed by atoms with Crippen molar-refractivity contribution in [3.05, 3.63) is 0 Å². The summed E-state index contributed by atoms with van der Waals surface area (Å²) in [7, 11) is 0. The van der Waals surface area contributed by atoms with Crippen molar-refractivity contribution in [2.75, 3.05) is 0 Å². The Bertz CT molecular complexity index is 111. The lowest BCUT2D eigenvalue weighted by molar-refractivity contribution is -0.111. The average Bonchev–Trinajstić information content (AvgIpc) is 1.86. The second-order valence-corrected chi connectivity index (χ2v) is 0.808. The summed E-state index contributed by atoms with van der Waals surface area (Å²) in [5.41, 5.74) is 0. The van der Waals surface area contributed by atoms with Crippen molar-refractivity contribution < 1.29 is 4.79 Å². The zero-order valence-electron chi connectivity index (χ0n) is 2.88. The van der Waals surface area contributed by atoms with Gasteiger partial charge in [-0.15, -0.1) is 0 Å². The fourth-order valence-electron chi connectivity index (χ4n) is 0.191. The lowest BCUT2D eigenvalue weighted by Crippen LogP contribution is -1.84. The van der Waals surface area contributed by atoms with Gasteiger partial charge in [-0.1, -0.05) is 6.21 Å². The van der Waals surface area contributed by atoms with E-state index >= 15 is 0 Å². The third-order valence-electron chi connectivity index (χ3n) is 0.393. The molecule has 0 fully saturated rings. The minimum absolute atomic E-state index is 0.324. The fraction of sp³-hybridized carbons (Fsp3) is 0. The Hall–Kier alpha value is -0.990. The standard InChI is InChI=1S/C3HN2O/c6-3-1-4-2-5-3/h1H/q-1. The molecule has 6 heavy (non-hydrogen) atoms. The molecular weight excluding hydrogens is 80.0 g/mol. The third kappa shape index (κ3) is 0.337. The van der Waals surface area contributed by atoms with E-state index in [4.69, 9.17) is 0 Å². The van der Waals surface area contributed by atoms with Crippen LogP contribution in [0.2, 0.25) is 0 Å². The molecule has 0 aromatic carbocycles. The highest BCUT2D eigenvalue weighted by atomic mass is 16.1. The summed E-state index contributed by atoms with van der Waals surface area (Å²) in [6, 6.07) is 0. The monoisotopic (exact) mass is 81.0 g/mol. The maximum absolute atomic E-state index is 9.86. The van der Waals surface area contributed by atoms with Gasteiger partial charge in [0.25, 0.3) is 0 Å². The highest BCUT2D eigenvalue weighted by Gasteiger charge is 1.77. The van der Waals surface area contributed by atoms with Gasteiger partial charge in [-0.25, -0.2) is 0 Å². The highest BCUT2D eigenvalue weighted by molar-refractivity contribution is 6.32. The summed E-state index contributed by atoms with van der Waals surface area (Å²) < 4.78 is 0. The van der Waals surface area contributed by atoms with Gasteiger partial charge in [0, 0.05) is 6.34 Å². The molecular formula is C3HN2O-. The largest absolute Gasteiger partial charge is 0.381 e. The molecule has 0 aromatic heterocycles. The first-order valence-electron chi connectivity index (χ1n) is 1.42. The molecule has 30 valence electrons. The van der Waals surface area contributed by atoms with Crippen LogP contribution >= 0.6 is 0 Å². The first kappa shape index (κ1) is 3.21. The van der Waals surface area contributed by atoms with Crippen molar-refractivity contribution in [3.63, 3.8) is 0 Å². The maximum atomic E-state index is 9.86. The van der Waals surface area contributed by atoms with Crippen LogP contribution < -0.4 is 0 Å². The van der Waals surface area contributed by atoms with E-state index < -0.39 is 0 Å². The van der Waals surface area contributed by atoms with Gasteiger partial charge in [0.2, 0.25) is 0 Å². The third-order valence-corrected chi connectivity index (χ3v) is 0.393. The van der Waals surface area contributed by atoms with Crippen LogP contribution in [-0.4, -0.2) is 18.5 Å². The van der Waals surface area contributed by atoms with Crippen LogP contribution in [0.25, 0.3) is 0 Å². The molecule has 0 unspecified atom stereocenters. The van der Waals surface area contributed by atoms with E-state index in [0.29, 0.717) is 0 Å². The van der Waals surface area contributed by atoms with E-state index in [2.05, 4.69) is 16.3 Å². The van der Waals surface area contributed by atoms with E-state index in [-0.39, 0.29) is 5.91 Å². The van der Waals surface area contributed by atoms with Gasteiger partial charge in [0.15, 0.2) is 0 Å². The molecule has 0 atom stereocenters. The van der Waals surface area contributed by atoms with Gasteiger partial charge in [0.1, 0.15) is 5.91 Å².